The van der Waals surface area contributed by atoms with Crippen LogP contribution < -0.4 is 0 Å². The van der Waals surface area contributed by atoms with Crippen LogP contribution in [0.1, 0.15) is 34.1 Å². The van der Waals surface area contributed by atoms with Gasteiger partial charge in [0.1, 0.15) is 0 Å². The second-order valence-corrected chi connectivity index (χ2v) is 3.72. The maximum Gasteiger partial charge on any atom is 0.0769 e. The molecule has 0 aliphatic heterocycles. The minimum atomic E-state index is 0.278. The van der Waals surface area contributed by atoms with Crippen molar-refractivity contribution in [1.82, 2.24) is 9.78 Å². The topological polar surface area (TPSA) is 27.1 Å². The average molecular weight is 212 g/mol. The van der Waals surface area contributed by atoms with Gasteiger partial charge < -0.3 is 4.74 Å². The summed E-state index contributed by atoms with van der Waals surface area (Å²) in [6.07, 6.45) is 5.12. The van der Waals surface area contributed by atoms with Crippen LogP contribution in [0.3, 0.4) is 0 Å². The maximum absolute atomic E-state index is 5.37. The summed E-state index contributed by atoms with van der Waals surface area (Å²) in [7, 11) is 1.76. The number of ether oxygens (including phenoxy) is 1. The smallest absolute Gasteiger partial charge is 0.0769 e. The standard InChI is InChI=1S/C10H18N2O.C2H6/c1-9(2)7-10(13-3)8-12-6-4-5-11-12;1-2/h4-6,9-10H,7-8H2,1-3H3;1-2H3. The summed E-state index contributed by atoms with van der Waals surface area (Å²) in [4.78, 5) is 0. The van der Waals surface area contributed by atoms with Gasteiger partial charge in [-0.15, -0.1) is 0 Å². The molecule has 1 rings (SSSR count). The first-order valence-electron chi connectivity index (χ1n) is 5.72. The Bertz CT molecular complexity index is 220. The quantitative estimate of drug-likeness (QED) is 0.750. The molecule has 88 valence electrons. The van der Waals surface area contributed by atoms with Crippen molar-refractivity contribution in [3.05, 3.63) is 18.5 Å². The second-order valence-electron chi connectivity index (χ2n) is 3.72. The first kappa shape index (κ1) is 14.2. The Morgan fingerprint density at radius 1 is 1.33 bits per heavy atom. The Kier molecular flexibility index (Phi) is 8.01. The highest BCUT2D eigenvalue weighted by molar-refractivity contribution is 4.78. The van der Waals surface area contributed by atoms with Crippen LogP contribution in [0, 0.1) is 5.92 Å². The van der Waals surface area contributed by atoms with Crippen LogP contribution >= 0.6 is 0 Å². The minimum absolute atomic E-state index is 0.278. The molecule has 1 atom stereocenters. The number of methoxy groups -OCH3 is 1. The number of nitrogens with zero attached hydrogens (tertiary/aromatic N) is 2. The Balaban J connectivity index is 0.000000921. The van der Waals surface area contributed by atoms with Gasteiger partial charge >= 0.3 is 0 Å². The molecule has 1 aromatic rings. The molecule has 0 N–H and O–H groups in total. The van der Waals surface area contributed by atoms with Crippen LogP contribution in [0.5, 0.6) is 0 Å². The lowest BCUT2D eigenvalue weighted by atomic mass is 10.1. The lowest BCUT2D eigenvalue weighted by Crippen LogP contribution is -2.20. The van der Waals surface area contributed by atoms with Gasteiger partial charge in [-0.3, -0.25) is 4.68 Å². The zero-order valence-corrected chi connectivity index (χ0v) is 10.6. The van der Waals surface area contributed by atoms with Crippen molar-refractivity contribution < 1.29 is 4.74 Å². The molecule has 0 aromatic carbocycles. The van der Waals surface area contributed by atoms with E-state index >= 15 is 0 Å². The first-order valence-corrected chi connectivity index (χ1v) is 5.72. The molecule has 1 heterocycles. The van der Waals surface area contributed by atoms with Crippen molar-refractivity contribution in [2.75, 3.05) is 7.11 Å². The lowest BCUT2D eigenvalue weighted by molar-refractivity contribution is 0.0673. The van der Waals surface area contributed by atoms with Crippen LogP contribution in [-0.2, 0) is 11.3 Å². The van der Waals surface area contributed by atoms with Crippen LogP contribution in [0.15, 0.2) is 18.5 Å². The summed E-state index contributed by atoms with van der Waals surface area (Å²) < 4.78 is 7.29. The van der Waals surface area contributed by atoms with E-state index in [1.807, 2.05) is 30.8 Å². The number of hydrogen-bond acceptors (Lipinski definition) is 2. The predicted octanol–water partition coefficient (Wildman–Crippen LogP) is 2.97. The Morgan fingerprint density at radius 3 is 2.40 bits per heavy atom. The fourth-order valence-electron chi connectivity index (χ4n) is 1.39. The molecule has 0 amide bonds. The van der Waals surface area contributed by atoms with Gasteiger partial charge in [-0.2, -0.15) is 5.10 Å². The summed E-state index contributed by atoms with van der Waals surface area (Å²) in [5.41, 5.74) is 0. The fourth-order valence-corrected chi connectivity index (χ4v) is 1.39. The molecule has 1 aromatic heterocycles. The average Bonchev–Trinajstić information content (AvgIpc) is 2.72. The van der Waals surface area contributed by atoms with E-state index in [0.29, 0.717) is 5.92 Å². The zero-order chi connectivity index (χ0) is 11.7. The summed E-state index contributed by atoms with van der Waals surface area (Å²) in [5, 5.41) is 4.15. The molecule has 15 heavy (non-hydrogen) atoms. The van der Waals surface area contributed by atoms with Crippen molar-refractivity contribution in [3.63, 3.8) is 0 Å². The van der Waals surface area contributed by atoms with E-state index in [0.717, 1.165) is 13.0 Å². The van der Waals surface area contributed by atoms with E-state index in [-0.39, 0.29) is 6.10 Å². The Morgan fingerprint density at radius 2 is 2.00 bits per heavy atom. The van der Waals surface area contributed by atoms with Crippen molar-refractivity contribution in [1.29, 1.82) is 0 Å². The normalized spacial score (nSPS) is 12.1. The maximum atomic E-state index is 5.37. The van der Waals surface area contributed by atoms with Crippen LogP contribution in [-0.4, -0.2) is 23.0 Å². The summed E-state index contributed by atoms with van der Waals surface area (Å²) in [6.45, 7) is 9.26. The molecular formula is C12H24N2O. The molecule has 1 unspecified atom stereocenters. The molecule has 3 nitrogen and oxygen atoms in total. The van der Waals surface area contributed by atoms with Gasteiger partial charge in [0.15, 0.2) is 0 Å². The summed E-state index contributed by atoms with van der Waals surface area (Å²) in [6, 6.07) is 1.93. The van der Waals surface area contributed by atoms with E-state index < -0.39 is 0 Å². The third kappa shape index (κ3) is 6.28. The molecule has 0 radical (unpaired) electrons. The first-order chi connectivity index (χ1) is 7.22. The van der Waals surface area contributed by atoms with Gasteiger partial charge in [-0.1, -0.05) is 27.7 Å². The summed E-state index contributed by atoms with van der Waals surface area (Å²) in [5.74, 6) is 0.667. The number of aromatic nitrogens is 2. The van der Waals surface area contributed by atoms with Crippen molar-refractivity contribution in [2.24, 2.45) is 5.92 Å². The molecule has 0 saturated carbocycles. The van der Waals surface area contributed by atoms with E-state index in [1.54, 1.807) is 13.3 Å². The van der Waals surface area contributed by atoms with Gasteiger partial charge in [0.05, 0.1) is 12.6 Å². The van der Waals surface area contributed by atoms with E-state index in [9.17, 15) is 0 Å². The molecule has 0 saturated heterocycles. The van der Waals surface area contributed by atoms with Crippen molar-refractivity contribution >= 4 is 0 Å². The Labute approximate surface area is 93.4 Å². The van der Waals surface area contributed by atoms with Gasteiger partial charge in [0, 0.05) is 19.5 Å². The van der Waals surface area contributed by atoms with E-state index in [2.05, 4.69) is 18.9 Å². The van der Waals surface area contributed by atoms with Gasteiger partial charge in [0.2, 0.25) is 0 Å². The lowest BCUT2D eigenvalue weighted by Gasteiger charge is -2.17. The molecule has 0 aliphatic rings. The molecular weight excluding hydrogens is 188 g/mol. The van der Waals surface area contributed by atoms with Gasteiger partial charge in [0.25, 0.3) is 0 Å². The third-order valence-electron chi connectivity index (χ3n) is 2.02. The molecule has 0 aliphatic carbocycles. The Hall–Kier alpha value is -0.830. The second kappa shape index (κ2) is 8.48. The van der Waals surface area contributed by atoms with Crippen LogP contribution in [0.2, 0.25) is 0 Å². The van der Waals surface area contributed by atoms with Crippen molar-refractivity contribution in [3.8, 4) is 0 Å². The highest BCUT2D eigenvalue weighted by Crippen LogP contribution is 2.09. The minimum Gasteiger partial charge on any atom is -0.380 e. The SMILES string of the molecule is CC.COC(CC(C)C)Cn1cccn1. The number of hydrogen-bond donors (Lipinski definition) is 0. The van der Waals surface area contributed by atoms with Crippen LogP contribution in [0.4, 0.5) is 0 Å². The fraction of sp³-hybridized carbons (Fsp3) is 0.750. The molecule has 0 bridgehead atoms. The van der Waals surface area contributed by atoms with E-state index in [4.69, 9.17) is 4.74 Å². The van der Waals surface area contributed by atoms with Gasteiger partial charge in [-0.05, 0) is 18.4 Å². The van der Waals surface area contributed by atoms with Gasteiger partial charge in [-0.25, -0.2) is 0 Å². The van der Waals surface area contributed by atoms with Crippen LogP contribution in [0.25, 0.3) is 0 Å². The highest BCUT2D eigenvalue weighted by Gasteiger charge is 2.10. The molecule has 0 fully saturated rings. The van der Waals surface area contributed by atoms with E-state index in [1.165, 1.54) is 0 Å². The largest absolute Gasteiger partial charge is 0.380 e. The number of rotatable bonds is 5. The zero-order valence-electron chi connectivity index (χ0n) is 10.6. The predicted molar refractivity (Wildman–Crippen MR) is 63.8 cm³/mol. The monoisotopic (exact) mass is 212 g/mol. The highest BCUT2D eigenvalue weighted by atomic mass is 16.5. The molecule has 0 spiro atoms. The molecule has 3 heteroatoms. The summed E-state index contributed by atoms with van der Waals surface area (Å²) >= 11 is 0. The third-order valence-corrected chi connectivity index (χ3v) is 2.02. The van der Waals surface area contributed by atoms with Crippen molar-refractivity contribution in [2.45, 2.75) is 46.8 Å².